The van der Waals surface area contributed by atoms with Gasteiger partial charge in [-0.05, 0) is 49.4 Å². The van der Waals surface area contributed by atoms with Gasteiger partial charge in [0.25, 0.3) is 0 Å². The molecule has 6 nitrogen and oxygen atoms in total. The summed E-state index contributed by atoms with van der Waals surface area (Å²) in [5.74, 6) is 1.38. The fourth-order valence-electron chi connectivity index (χ4n) is 2.51. The van der Waals surface area contributed by atoms with E-state index in [4.69, 9.17) is 9.47 Å². The van der Waals surface area contributed by atoms with E-state index in [1.807, 2.05) is 25.1 Å². The normalized spacial score (nSPS) is 14.5. The molecule has 0 unspecified atom stereocenters. The molecule has 1 aliphatic rings. The lowest BCUT2D eigenvalue weighted by atomic mass is 10.1. The van der Waals surface area contributed by atoms with E-state index in [9.17, 15) is 13.2 Å². The molecule has 0 saturated heterocycles. The second-order valence-electron chi connectivity index (χ2n) is 5.88. The van der Waals surface area contributed by atoms with E-state index >= 15 is 0 Å². The van der Waals surface area contributed by atoms with Gasteiger partial charge in [0, 0.05) is 16.1 Å². The maximum absolute atomic E-state index is 12.6. The molecule has 3 rings (SSSR count). The Morgan fingerprint density at radius 1 is 1.08 bits per heavy atom. The van der Waals surface area contributed by atoms with Crippen LogP contribution in [0, 0.1) is 0 Å². The van der Waals surface area contributed by atoms with E-state index in [-0.39, 0.29) is 11.0 Å². The first-order valence-corrected chi connectivity index (χ1v) is 10.8. The third-order valence-electron chi connectivity index (χ3n) is 3.67. The lowest BCUT2D eigenvalue weighted by Gasteiger charge is -2.19. The molecule has 0 bridgehead atoms. The van der Waals surface area contributed by atoms with Crippen molar-refractivity contribution in [3.8, 4) is 11.5 Å². The Morgan fingerprint density at radius 2 is 1.73 bits per heavy atom. The van der Waals surface area contributed by atoms with Crippen molar-refractivity contribution in [2.45, 2.75) is 17.1 Å². The summed E-state index contributed by atoms with van der Waals surface area (Å²) in [6, 6.07) is 12.0. The summed E-state index contributed by atoms with van der Waals surface area (Å²) in [6.07, 6.45) is 1.08. The Kier molecular flexibility index (Phi) is 5.43. The SMILES string of the molecule is C[C@@H](Sc1ccc2c(c1)OCCO2)C(=O)c1ccc(NS(C)(=O)=O)cc1. The lowest BCUT2D eigenvalue weighted by Crippen LogP contribution is -2.16. The average molecular weight is 393 g/mol. The minimum atomic E-state index is -3.34. The lowest BCUT2D eigenvalue weighted by molar-refractivity contribution is 0.0994. The smallest absolute Gasteiger partial charge is 0.229 e. The summed E-state index contributed by atoms with van der Waals surface area (Å²) in [4.78, 5) is 13.5. The van der Waals surface area contributed by atoms with Gasteiger partial charge in [0.1, 0.15) is 13.2 Å². The molecule has 0 radical (unpaired) electrons. The number of anilines is 1. The standard InChI is InChI=1S/C18H19NO5S2/c1-12(25-15-7-8-16-17(11-15)24-10-9-23-16)18(20)13-3-5-14(6-4-13)19-26(2,21)22/h3-8,11-12,19H,9-10H2,1-2H3/t12-/m1/s1. The number of rotatable bonds is 6. The molecule has 2 aromatic carbocycles. The first-order valence-electron chi connectivity index (χ1n) is 8.00. The Labute approximate surface area is 156 Å². The molecule has 1 aliphatic heterocycles. The number of carbonyl (C=O) groups excluding carboxylic acids is 1. The van der Waals surface area contributed by atoms with Gasteiger partial charge in [-0.15, -0.1) is 11.8 Å². The summed E-state index contributed by atoms with van der Waals surface area (Å²) in [5, 5.41) is -0.300. The van der Waals surface area contributed by atoms with Crippen molar-refractivity contribution in [3.05, 3.63) is 48.0 Å². The Morgan fingerprint density at radius 3 is 2.38 bits per heavy atom. The highest BCUT2D eigenvalue weighted by atomic mass is 32.2. The molecule has 0 spiro atoms. The minimum Gasteiger partial charge on any atom is -0.486 e. The van der Waals surface area contributed by atoms with Crippen molar-refractivity contribution < 1.29 is 22.7 Å². The fraction of sp³-hybridized carbons (Fsp3) is 0.278. The van der Waals surface area contributed by atoms with Gasteiger partial charge in [0.2, 0.25) is 10.0 Å². The number of sulfonamides is 1. The number of ether oxygens (including phenoxy) is 2. The first kappa shape index (κ1) is 18.6. The third-order valence-corrected chi connectivity index (χ3v) is 5.37. The number of benzene rings is 2. The highest BCUT2D eigenvalue weighted by molar-refractivity contribution is 8.00. The van der Waals surface area contributed by atoms with Crippen molar-refractivity contribution in [3.63, 3.8) is 0 Å². The van der Waals surface area contributed by atoms with Gasteiger partial charge in [-0.2, -0.15) is 0 Å². The predicted octanol–water partition coefficient (Wildman–Crippen LogP) is 3.19. The van der Waals surface area contributed by atoms with Gasteiger partial charge in [0.05, 0.1) is 11.5 Å². The molecule has 1 heterocycles. The summed E-state index contributed by atoms with van der Waals surface area (Å²) in [7, 11) is -3.34. The number of thioether (sulfide) groups is 1. The fourth-order valence-corrected chi connectivity index (χ4v) is 4.04. The van der Waals surface area contributed by atoms with Crippen LogP contribution in [0.25, 0.3) is 0 Å². The largest absolute Gasteiger partial charge is 0.486 e. The zero-order valence-electron chi connectivity index (χ0n) is 14.4. The maximum atomic E-state index is 12.6. The second kappa shape index (κ2) is 7.59. The molecule has 1 atom stereocenters. The molecule has 0 aromatic heterocycles. The Bertz CT molecular complexity index is 910. The number of nitrogens with one attached hydrogen (secondary N) is 1. The molecule has 0 aliphatic carbocycles. The van der Waals surface area contributed by atoms with E-state index in [1.165, 1.54) is 11.8 Å². The van der Waals surface area contributed by atoms with Crippen LogP contribution in [0.1, 0.15) is 17.3 Å². The molecule has 26 heavy (non-hydrogen) atoms. The van der Waals surface area contributed by atoms with Gasteiger partial charge < -0.3 is 9.47 Å². The van der Waals surface area contributed by atoms with Crippen molar-refractivity contribution in [2.75, 3.05) is 24.2 Å². The molecular formula is C18H19NO5S2. The van der Waals surface area contributed by atoms with E-state index < -0.39 is 10.0 Å². The van der Waals surface area contributed by atoms with E-state index in [0.29, 0.717) is 36.0 Å². The highest BCUT2D eigenvalue weighted by Gasteiger charge is 2.19. The number of ketones is 1. The summed E-state index contributed by atoms with van der Waals surface area (Å²) in [6.45, 7) is 2.90. The number of hydrogen-bond acceptors (Lipinski definition) is 6. The molecule has 0 saturated carbocycles. The van der Waals surface area contributed by atoms with Crippen LogP contribution in [-0.4, -0.2) is 38.9 Å². The summed E-state index contributed by atoms with van der Waals surface area (Å²) >= 11 is 1.44. The van der Waals surface area contributed by atoms with E-state index in [1.54, 1.807) is 24.3 Å². The van der Waals surface area contributed by atoms with Crippen LogP contribution in [0.2, 0.25) is 0 Å². The molecular weight excluding hydrogens is 374 g/mol. The average Bonchev–Trinajstić information content (AvgIpc) is 2.60. The van der Waals surface area contributed by atoms with Crippen LogP contribution in [-0.2, 0) is 10.0 Å². The van der Waals surface area contributed by atoms with E-state index in [2.05, 4.69) is 4.72 Å². The zero-order chi connectivity index (χ0) is 18.7. The van der Waals surface area contributed by atoms with Crippen LogP contribution in [0.4, 0.5) is 5.69 Å². The van der Waals surface area contributed by atoms with Crippen LogP contribution in [0.3, 0.4) is 0 Å². The van der Waals surface area contributed by atoms with Crippen LogP contribution in [0.5, 0.6) is 11.5 Å². The van der Waals surface area contributed by atoms with E-state index in [0.717, 1.165) is 11.2 Å². The highest BCUT2D eigenvalue weighted by Crippen LogP contribution is 2.36. The van der Waals surface area contributed by atoms with Gasteiger partial charge in [0.15, 0.2) is 17.3 Å². The number of carbonyl (C=O) groups is 1. The third kappa shape index (κ3) is 4.70. The molecule has 1 N–H and O–H groups in total. The number of Topliss-reactive ketones (excluding diaryl/α,β-unsaturated/α-hetero) is 1. The molecule has 8 heteroatoms. The minimum absolute atomic E-state index is 0.0317. The molecule has 0 fully saturated rings. The van der Waals surface area contributed by atoms with Gasteiger partial charge >= 0.3 is 0 Å². The van der Waals surface area contributed by atoms with Crippen molar-refractivity contribution in [2.24, 2.45) is 0 Å². The monoisotopic (exact) mass is 393 g/mol. The van der Waals surface area contributed by atoms with Gasteiger partial charge in [-0.1, -0.05) is 0 Å². The first-order chi connectivity index (χ1) is 12.3. The number of fused-ring (bicyclic) bond motifs is 1. The zero-order valence-corrected chi connectivity index (χ0v) is 16.0. The second-order valence-corrected chi connectivity index (χ2v) is 9.04. The van der Waals surface area contributed by atoms with Crippen molar-refractivity contribution in [1.29, 1.82) is 0 Å². The predicted molar refractivity (Wildman–Crippen MR) is 102 cm³/mol. The Hall–Kier alpha value is -2.19. The number of hydrogen-bond donors (Lipinski definition) is 1. The van der Waals surface area contributed by atoms with Crippen LogP contribution < -0.4 is 14.2 Å². The topological polar surface area (TPSA) is 81.7 Å². The van der Waals surface area contributed by atoms with Crippen LogP contribution in [0.15, 0.2) is 47.4 Å². The van der Waals surface area contributed by atoms with Crippen LogP contribution >= 0.6 is 11.8 Å². The van der Waals surface area contributed by atoms with Crippen molar-refractivity contribution in [1.82, 2.24) is 0 Å². The van der Waals surface area contributed by atoms with Gasteiger partial charge in [-0.25, -0.2) is 8.42 Å². The molecule has 0 amide bonds. The Balaban J connectivity index is 1.67. The maximum Gasteiger partial charge on any atom is 0.229 e. The van der Waals surface area contributed by atoms with Gasteiger partial charge in [-0.3, -0.25) is 9.52 Å². The van der Waals surface area contributed by atoms with Crippen molar-refractivity contribution >= 4 is 33.3 Å². The summed E-state index contributed by atoms with van der Waals surface area (Å²) in [5.41, 5.74) is 0.956. The summed E-state index contributed by atoms with van der Waals surface area (Å²) < 4.78 is 35.9. The molecule has 138 valence electrons. The molecule has 2 aromatic rings. The quantitative estimate of drug-likeness (QED) is 0.600.